The molecule has 6 atom stereocenters. The number of carbonyl (C=O) groups is 2. The summed E-state index contributed by atoms with van der Waals surface area (Å²) < 4.78 is 18.0. The molecule has 0 amide bonds. The van der Waals surface area contributed by atoms with Crippen molar-refractivity contribution in [3.05, 3.63) is 117 Å². The second kappa shape index (κ2) is 11.8. The number of aliphatic hydroxyl groups is 2. The van der Waals surface area contributed by atoms with Crippen molar-refractivity contribution in [2.24, 2.45) is 23.5 Å². The van der Waals surface area contributed by atoms with Gasteiger partial charge in [-0.05, 0) is 78.2 Å². The average Bonchev–Trinajstić information content (AvgIpc) is 3.74. The largest absolute Gasteiger partial charge is 0.508 e. The van der Waals surface area contributed by atoms with E-state index in [1.165, 1.54) is 0 Å². The maximum absolute atomic E-state index is 14.9. The van der Waals surface area contributed by atoms with E-state index in [0.29, 0.717) is 23.7 Å². The maximum atomic E-state index is 14.9. The molecule has 2 unspecified atom stereocenters. The van der Waals surface area contributed by atoms with Crippen molar-refractivity contribution >= 4 is 17.3 Å². The number of allylic oxidation sites excluding steroid dienone is 1. The topological polar surface area (TPSA) is 152 Å². The third-order valence-corrected chi connectivity index (χ3v) is 11.9. The van der Waals surface area contributed by atoms with E-state index in [1.54, 1.807) is 0 Å². The van der Waals surface area contributed by atoms with Crippen molar-refractivity contribution in [2.75, 3.05) is 32.1 Å². The predicted molar refractivity (Wildman–Crippen MR) is 187 cm³/mol. The second-order valence-electron chi connectivity index (χ2n) is 14.8. The lowest BCUT2D eigenvalue weighted by atomic mass is 9.58. The molecule has 4 N–H and O–H groups in total. The number of aliphatic hydroxyl groups excluding tert-OH is 1. The zero-order chi connectivity index (χ0) is 35.2. The molecular formula is C40H40N4O7. The van der Waals surface area contributed by atoms with Crippen LogP contribution in [0, 0.1) is 17.8 Å². The normalized spacial score (nSPS) is 28.0. The minimum absolute atomic E-state index is 0.0206. The predicted octanol–water partition coefficient (Wildman–Crippen LogP) is 5.09. The van der Waals surface area contributed by atoms with Crippen LogP contribution in [0.2, 0.25) is 0 Å². The number of anilines is 1. The first-order valence-corrected chi connectivity index (χ1v) is 17.6. The highest BCUT2D eigenvalue weighted by molar-refractivity contribution is 6.16. The maximum Gasteiger partial charge on any atom is 0.265 e. The molecule has 0 radical (unpaired) electrons. The van der Waals surface area contributed by atoms with Crippen LogP contribution in [0.4, 0.5) is 5.69 Å². The van der Waals surface area contributed by atoms with E-state index >= 15 is 0 Å². The van der Waals surface area contributed by atoms with Crippen molar-refractivity contribution in [3.63, 3.8) is 0 Å². The molecule has 4 aromatic rings. The number of nitrogens with zero attached hydrogens (tertiary/aromatic N) is 3. The molecule has 0 bridgehead atoms. The van der Waals surface area contributed by atoms with Crippen molar-refractivity contribution < 1.29 is 33.8 Å². The van der Waals surface area contributed by atoms with Crippen LogP contribution < -0.4 is 20.1 Å². The SMILES string of the molecule is CN1CC2CCN(C)C2c2cc(OCc3ccccc3)c3c(c21)C[C@H]1C[C@H]2[C@H](N)c4onc(OCc5ccccc5)c4C(=O)[C@@]2(O)C(O)=C1C3=O. The molecule has 3 heterocycles. The fourth-order valence-corrected chi connectivity index (χ4v) is 9.48. The fraction of sp³-hybridized carbons (Fsp3) is 0.375. The number of aromatic nitrogens is 1. The van der Waals surface area contributed by atoms with E-state index in [-0.39, 0.29) is 48.5 Å². The summed E-state index contributed by atoms with van der Waals surface area (Å²) in [5.41, 5.74) is 9.34. The molecule has 1 saturated heterocycles. The molecule has 0 saturated carbocycles. The van der Waals surface area contributed by atoms with Crippen LogP contribution in [0.3, 0.4) is 0 Å². The average molecular weight is 689 g/mol. The van der Waals surface area contributed by atoms with Crippen LogP contribution in [-0.4, -0.2) is 64.6 Å². The third kappa shape index (κ3) is 4.71. The summed E-state index contributed by atoms with van der Waals surface area (Å²) >= 11 is 0. The Hall–Kier alpha value is -4.97. The summed E-state index contributed by atoms with van der Waals surface area (Å²) in [5.74, 6) is -2.59. The van der Waals surface area contributed by atoms with E-state index in [0.717, 1.165) is 47.5 Å². The van der Waals surface area contributed by atoms with Crippen LogP contribution in [0.5, 0.6) is 11.6 Å². The Morgan fingerprint density at radius 2 is 1.69 bits per heavy atom. The summed E-state index contributed by atoms with van der Waals surface area (Å²) in [6.07, 6.45) is 1.66. The number of carbonyl (C=O) groups excluding carboxylic acids is 2. The van der Waals surface area contributed by atoms with Gasteiger partial charge in [0.1, 0.15) is 30.3 Å². The van der Waals surface area contributed by atoms with Gasteiger partial charge < -0.3 is 34.8 Å². The molecule has 0 spiro atoms. The summed E-state index contributed by atoms with van der Waals surface area (Å²) in [6.45, 7) is 2.18. The number of Topliss-reactive ketones (excluding diaryl/α,β-unsaturated/α-hetero) is 2. The summed E-state index contributed by atoms with van der Waals surface area (Å²) in [5, 5.41) is 28.4. The van der Waals surface area contributed by atoms with E-state index in [2.05, 4.69) is 29.1 Å². The van der Waals surface area contributed by atoms with Gasteiger partial charge >= 0.3 is 0 Å². The van der Waals surface area contributed by atoms with Gasteiger partial charge in [0.2, 0.25) is 5.78 Å². The molecule has 3 aliphatic carbocycles. The molecular weight excluding hydrogens is 648 g/mol. The van der Waals surface area contributed by atoms with Gasteiger partial charge in [0, 0.05) is 36.8 Å². The highest BCUT2D eigenvalue weighted by Crippen LogP contribution is 2.57. The molecule has 2 aliphatic heterocycles. The Kier molecular flexibility index (Phi) is 7.39. The van der Waals surface area contributed by atoms with Crippen LogP contribution >= 0.6 is 0 Å². The van der Waals surface area contributed by atoms with Gasteiger partial charge in [-0.2, -0.15) is 0 Å². The molecule has 1 fully saturated rings. The zero-order valence-corrected chi connectivity index (χ0v) is 28.5. The number of fused-ring (bicyclic) bond motifs is 8. The number of nitrogens with two attached hydrogens (primary N) is 1. The standard InChI is InChI=1S/C40H40N4O7/c1-43-14-13-23-18-44(2)34-25-15-24-16-27-32(41)36-31(39(42-51-36)50-20-22-11-7-4-8-12-22)38(47)40(27,48)37(46)29(24)35(45)30(25)28(17-26(34)33(23)43)49-19-21-9-5-3-6-10-21/h3-12,17,23-24,27,32-33,46,48H,13-16,18-20,41H2,1-2H3/t23?,24-,27-,32-,33?,40-/m0/s1. The molecule has 11 nitrogen and oxygen atoms in total. The van der Waals surface area contributed by atoms with Gasteiger partial charge in [-0.15, -0.1) is 0 Å². The first kappa shape index (κ1) is 32.0. The fourth-order valence-electron chi connectivity index (χ4n) is 9.48. The summed E-state index contributed by atoms with van der Waals surface area (Å²) in [4.78, 5) is 33.8. The molecule has 1 aromatic heterocycles. The lowest BCUT2D eigenvalue weighted by molar-refractivity contribution is -0.0356. The van der Waals surface area contributed by atoms with Crippen LogP contribution in [0.25, 0.3) is 0 Å². The van der Waals surface area contributed by atoms with E-state index in [1.807, 2.05) is 66.7 Å². The summed E-state index contributed by atoms with van der Waals surface area (Å²) in [6, 6.07) is 20.3. The van der Waals surface area contributed by atoms with Crippen LogP contribution in [0.1, 0.15) is 73.7 Å². The number of benzene rings is 3. The molecule has 3 aromatic carbocycles. The number of likely N-dealkylation sites (tertiary alicyclic amines) is 1. The van der Waals surface area contributed by atoms with Gasteiger partial charge in [-0.3, -0.25) is 14.5 Å². The van der Waals surface area contributed by atoms with Crippen molar-refractivity contribution in [1.29, 1.82) is 0 Å². The third-order valence-electron chi connectivity index (χ3n) is 11.9. The lowest BCUT2D eigenvalue weighted by Gasteiger charge is -2.48. The van der Waals surface area contributed by atoms with Gasteiger partial charge in [0.15, 0.2) is 17.1 Å². The van der Waals surface area contributed by atoms with Crippen LogP contribution in [0.15, 0.2) is 82.6 Å². The molecule has 51 heavy (non-hydrogen) atoms. The molecule has 262 valence electrons. The van der Waals surface area contributed by atoms with Gasteiger partial charge in [-0.25, -0.2) is 0 Å². The van der Waals surface area contributed by atoms with Gasteiger partial charge in [0.05, 0.1) is 11.6 Å². The Balaban J connectivity index is 1.15. The highest BCUT2D eigenvalue weighted by Gasteiger charge is 2.63. The van der Waals surface area contributed by atoms with E-state index < -0.39 is 40.8 Å². The molecule has 9 rings (SSSR count). The number of hydrogen-bond acceptors (Lipinski definition) is 11. The molecule has 11 heteroatoms. The lowest BCUT2D eigenvalue weighted by Crippen LogP contribution is -2.58. The first-order chi connectivity index (χ1) is 24.7. The first-order valence-electron chi connectivity index (χ1n) is 17.6. The van der Waals surface area contributed by atoms with Crippen LogP contribution in [-0.2, 0) is 19.6 Å². The minimum Gasteiger partial charge on any atom is -0.508 e. The Labute approximate surface area is 295 Å². The zero-order valence-electron chi connectivity index (χ0n) is 28.5. The smallest absolute Gasteiger partial charge is 0.265 e. The van der Waals surface area contributed by atoms with Gasteiger partial charge in [0.25, 0.3) is 5.88 Å². The Bertz CT molecular complexity index is 2100. The van der Waals surface area contributed by atoms with Crippen molar-refractivity contribution in [1.82, 2.24) is 10.1 Å². The molecule has 5 aliphatic rings. The van der Waals surface area contributed by atoms with E-state index in [4.69, 9.17) is 19.7 Å². The second-order valence-corrected chi connectivity index (χ2v) is 14.8. The highest BCUT2D eigenvalue weighted by atomic mass is 16.5. The number of ketones is 2. The van der Waals surface area contributed by atoms with Crippen molar-refractivity contribution in [3.8, 4) is 11.6 Å². The van der Waals surface area contributed by atoms with Gasteiger partial charge in [-0.1, -0.05) is 60.7 Å². The monoisotopic (exact) mass is 688 g/mol. The Morgan fingerprint density at radius 1 is 1.00 bits per heavy atom. The Morgan fingerprint density at radius 3 is 2.39 bits per heavy atom. The number of hydrogen-bond donors (Lipinski definition) is 3. The minimum atomic E-state index is -2.47. The van der Waals surface area contributed by atoms with E-state index in [9.17, 15) is 19.8 Å². The number of rotatable bonds is 6. The quantitative estimate of drug-likeness (QED) is 0.249. The van der Waals surface area contributed by atoms with Crippen molar-refractivity contribution in [2.45, 2.75) is 50.2 Å². The summed E-state index contributed by atoms with van der Waals surface area (Å²) in [7, 11) is 4.22. The number of ether oxygens (including phenoxy) is 2.